The largest absolute Gasteiger partial charge is 0.500 e. The fraction of sp³-hybridized carbons (Fsp3) is 0.778. The van der Waals surface area contributed by atoms with E-state index in [2.05, 4.69) is 6.92 Å². The summed E-state index contributed by atoms with van der Waals surface area (Å²) in [5, 5.41) is 9.12. The van der Waals surface area contributed by atoms with Gasteiger partial charge in [0.25, 0.3) is 0 Å². The summed E-state index contributed by atoms with van der Waals surface area (Å²) in [6.45, 7) is 3.77. The van der Waals surface area contributed by atoms with Crippen LogP contribution in [0.5, 0.6) is 0 Å². The lowest BCUT2D eigenvalue weighted by Gasteiger charge is -2.23. The molecule has 0 saturated heterocycles. The van der Waals surface area contributed by atoms with Crippen molar-refractivity contribution in [2.24, 2.45) is 0 Å². The van der Waals surface area contributed by atoms with E-state index in [0.717, 1.165) is 18.7 Å². The van der Waals surface area contributed by atoms with Crippen LogP contribution in [0.15, 0.2) is 12.3 Å². The maximum absolute atomic E-state index is 9.12. The molecule has 0 saturated carbocycles. The molecule has 0 aromatic carbocycles. The van der Waals surface area contributed by atoms with Gasteiger partial charge in [-0.25, -0.2) is 0 Å². The van der Waals surface area contributed by atoms with E-state index in [0.29, 0.717) is 0 Å². The number of hydrogen-bond acceptors (Lipinski definition) is 3. The summed E-state index contributed by atoms with van der Waals surface area (Å²) in [6, 6.07) is 0.885. The molecule has 0 rings (SSSR count). The van der Waals surface area contributed by atoms with Crippen molar-refractivity contribution < 1.29 is 18.4 Å². The summed E-state index contributed by atoms with van der Waals surface area (Å²) in [4.78, 5) is 0. The molecule has 0 amide bonds. The molecule has 0 fully saturated rings. The van der Waals surface area contributed by atoms with Gasteiger partial charge in [-0.15, -0.1) is 0 Å². The van der Waals surface area contributed by atoms with Crippen molar-refractivity contribution in [3.8, 4) is 0 Å². The summed E-state index contributed by atoms with van der Waals surface area (Å²) in [5.74, 6) is 0. The first-order valence-corrected chi connectivity index (χ1v) is 6.48. The van der Waals surface area contributed by atoms with Gasteiger partial charge in [-0.1, -0.05) is 13.3 Å². The molecule has 0 aromatic rings. The second kappa shape index (κ2) is 10.7. The Hall–Kier alpha value is -0.363. The Morgan fingerprint density at radius 3 is 1.57 bits per heavy atom. The fourth-order valence-corrected chi connectivity index (χ4v) is 2.59. The third-order valence-electron chi connectivity index (χ3n) is 1.63. The second-order valence-corrected chi connectivity index (χ2v) is 5.61. The molecule has 1 radical (unpaired) electrons. The average molecular weight is 221 g/mol. The highest BCUT2D eigenvalue weighted by Crippen LogP contribution is 2.13. The predicted molar refractivity (Wildman–Crippen MR) is 57.4 cm³/mol. The van der Waals surface area contributed by atoms with Crippen molar-refractivity contribution in [1.82, 2.24) is 0 Å². The Labute approximate surface area is 87.9 Å². The zero-order valence-corrected chi connectivity index (χ0v) is 10.7. The fourth-order valence-electron chi connectivity index (χ4n) is 0.862. The lowest BCUT2D eigenvalue weighted by molar-refractivity contribution is 0.123. The van der Waals surface area contributed by atoms with Crippen molar-refractivity contribution in [3.63, 3.8) is 0 Å². The van der Waals surface area contributed by atoms with Crippen LogP contribution in [0.2, 0.25) is 6.04 Å². The second-order valence-electron chi connectivity index (χ2n) is 2.51. The van der Waals surface area contributed by atoms with Gasteiger partial charge >= 0.3 is 8.80 Å². The summed E-state index contributed by atoms with van der Waals surface area (Å²) >= 11 is 0. The van der Waals surface area contributed by atoms with Gasteiger partial charge in [0.05, 0.1) is 0 Å². The van der Waals surface area contributed by atoms with Crippen LogP contribution in [0.25, 0.3) is 0 Å². The maximum atomic E-state index is 9.12. The molecule has 0 spiro atoms. The summed E-state index contributed by atoms with van der Waals surface area (Å²) in [7, 11) is 2.68. The van der Waals surface area contributed by atoms with E-state index >= 15 is 0 Å². The first-order valence-electron chi connectivity index (χ1n) is 4.54. The summed E-state index contributed by atoms with van der Waals surface area (Å²) in [6.07, 6.45) is 3.22. The van der Waals surface area contributed by atoms with E-state index < -0.39 is 8.80 Å². The lowest BCUT2D eigenvalue weighted by Crippen LogP contribution is -2.42. The van der Waals surface area contributed by atoms with Crippen LogP contribution in [0.3, 0.4) is 0 Å². The molecule has 0 aliphatic heterocycles. The SMILES string of the molecule is CC=C[O].CCC[Si](OC)(OC)OC. The van der Waals surface area contributed by atoms with Gasteiger partial charge in [-0.3, -0.25) is 5.11 Å². The van der Waals surface area contributed by atoms with Crippen molar-refractivity contribution in [1.29, 1.82) is 0 Å². The molecule has 0 aliphatic carbocycles. The molecule has 85 valence electrons. The number of allylic oxidation sites excluding steroid dienone is 1. The van der Waals surface area contributed by atoms with Crippen LogP contribution >= 0.6 is 0 Å². The molecule has 0 unspecified atom stereocenters. The smallest absolute Gasteiger partial charge is 0.377 e. The van der Waals surface area contributed by atoms with Gasteiger partial charge < -0.3 is 13.3 Å². The topological polar surface area (TPSA) is 47.6 Å². The van der Waals surface area contributed by atoms with Crippen LogP contribution in [0, 0.1) is 0 Å². The first kappa shape index (κ1) is 16.1. The molecule has 14 heavy (non-hydrogen) atoms. The number of rotatable bonds is 5. The summed E-state index contributed by atoms with van der Waals surface area (Å²) < 4.78 is 15.5. The summed E-state index contributed by atoms with van der Waals surface area (Å²) in [5.41, 5.74) is 0. The van der Waals surface area contributed by atoms with Crippen molar-refractivity contribution in [2.75, 3.05) is 21.3 Å². The first-order chi connectivity index (χ1) is 6.66. The molecule has 0 aliphatic rings. The van der Waals surface area contributed by atoms with Crippen molar-refractivity contribution >= 4 is 8.80 Å². The molecule has 0 bridgehead atoms. The Bertz CT molecular complexity index is 123. The Morgan fingerprint density at radius 1 is 1.14 bits per heavy atom. The minimum atomic E-state index is -2.22. The zero-order chi connectivity index (χ0) is 11.4. The molecule has 0 atom stereocenters. The van der Waals surface area contributed by atoms with E-state index in [-0.39, 0.29) is 0 Å². The normalized spacial score (nSPS) is 11.2. The molecular weight excluding hydrogens is 200 g/mol. The van der Waals surface area contributed by atoms with E-state index in [4.69, 9.17) is 18.4 Å². The van der Waals surface area contributed by atoms with Gasteiger partial charge in [0.15, 0.2) is 0 Å². The van der Waals surface area contributed by atoms with E-state index in [1.54, 1.807) is 28.3 Å². The Balaban J connectivity index is 0. The molecule has 4 nitrogen and oxygen atoms in total. The van der Waals surface area contributed by atoms with Crippen LogP contribution in [-0.4, -0.2) is 30.1 Å². The van der Waals surface area contributed by atoms with E-state index in [9.17, 15) is 0 Å². The van der Waals surface area contributed by atoms with E-state index in [1.165, 1.54) is 6.08 Å². The highest BCUT2D eigenvalue weighted by atomic mass is 28.4. The minimum absolute atomic E-state index is 0.750. The average Bonchev–Trinajstić information content (AvgIpc) is 2.26. The third kappa shape index (κ3) is 7.08. The Morgan fingerprint density at radius 2 is 1.50 bits per heavy atom. The van der Waals surface area contributed by atoms with Gasteiger partial charge in [-0.2, -0.15) is 0 Å². The monoisotopic (exact) mass is 221 g/mol. The quantitative estimate of drug-likeness (QED) is 0.528. The van der Waals surface area contributed by atoms with Gasteiger partial charge in [-0.05, 0) is 13.0 Å². The van der Waals surface area contributed by atoms with Crippen molar-refractivity contribution in [2.45, 2.75) is 26.3 Å². The van der Waals surface area contributed by atoms with Gasteiger partial charge in [0.1, 0.15) is 6.26 Å². The molecule has 0 aromatic heterocycles. The van der Waals surface area contributed by atoms with Crippen LogP contribution in [-0.2, 0) is 18.4 Å². The zero-order valence-electron chi connectivity index (χ0n) is 9.70. The number of hydrogen-bond donors (Lipinski definition) is 0. The molecule has 0 heterocycles. The Kier molecular flexibility index (Phi) is 12.3. The predicted octanol–water partition coefficient (Wildman–Crippen LogP) is 2.22. The highest BCUT2D eigenvalue weighted by molar-refractivity contribution is 6.60. The standard InChI is InChI=1S/C6H16O3Si.C3H5O/c1-5-6-10(7-2,8-3)9-4;1-2-3-4/h5-6H2,1-4H3;2-3H,1H3. The molecule has 5 heteroatoms. The van der Waals surface area contributed by atoms with Gasteiger partial charge in [0.2, 0.25) is 0 Å². The van der Waals surface area contributed by atoms with E-state index in [1.807, 2.05) is 0 Å². The lowest BCUT2D eigenvalue weighted by atomic mass is 10.6. The van der Waals surface area contributed by atoms with Crippen LogP contribution in [0.1, 0.15) is 20.3 Å². The third-order valence-corrected chi connectivity index (χ3v) is 4.60. The maximum Gasteiger partial charge on any atom is 0.500 e. The highest BCUT2D eigenvalue weighted by Gasteiger charge is 2.36. The molecule has 0 N–H and O–H groups in total. The van der Waals surface area contributed by atoms with Crippen LogP contribution < -0.4 is 0 Å². The minimum Gasteiger partial charge on any atom is -0.377 e. The van der Waals surface area contributed by atoms with Crippen molar-refractivity contribution in [3.05, 3.63) is 12.3 Å². The van der Waals surface area contributed by atoms with Gasteiger partial charge in [0, 0.05) is 27.4 Å². The molecular formula is C9H21O4Si. The van der Waals surface area contributed by atoms with Crippen LogP contribution in [0.4, 0.5) is 0 Å².